The number of carbonyl (C=O) groups excluding carboxylic acids is 4. The molecule has 1 aromatic carbocycles. The number of fused-ring (bicyclic) bond motifs is 1. The van der Waals surface area contributed by atoms with Crippen molar-refractivity contribution < 1.29 is 43.8 Å². The van der Waals surface area contributed by atoms with Crippen LogP contribution in [0.1, 0.15) is 89.3 Å². The van der Waals surface area contributed by atoms with E-state index in [2.05, 4.69) is 30.6 Å². The van der Waals surface area contributed by atoms with Crippen LogP contribution in [0.2, 0.25) is 0 Å². The molecule has 1 fully saturated rings. The molecule has 19 nitrogen and oxygen atoms in total. The molecule has 3 unspecified atom stereocenters. The lowest BCUT2D eigenvalue weighted by molar-refractivity contribution is -0.790. The Morgan fingerprint density at radius 2 is 1.50 bits per heavy atom. The second-order valence-corrected chi connectivity index (χ2v) is 15.5. The minimum absolute atomic E-state index is 0.00622. The van der Waals surface area contributed by atoms with E-state index in [0.29, 0.717) is 50.9 Å². The highest BCUT2D eigenvalue weighted by molar-refractivity contribution is 5.94. The molecule has 2 aromatic heterocycles. The third-order valence-electron chi connectivity index (χ3n) is 10.3. The monoisotopic (exact) mass is 838 g/mol. The van der Waals surface area contributed by atoms with Gasteiger partial charge in [0.2, 0.25) is 11.8 Å². The Morgan fingerprint density at radius 1 is 0.817 bits per heavy atom. The van der Waals surface area contributed by atoms with Gasteiger partial charge in [0.15, 0.2) is 0 Å². The average molecular weight is 839 g/mol. The largest absolute Gasteiger partial charge is 0.464 e. The molecule has 0 saturated carbocycles. The summed E-state index contributed by atoms with van der Waals surface area (Å²) in [6, 6.07) is 9.36. The number of ether oxygens (including phenoxy) is 1. The summed E-state index contributed by atoms with van der Waals surface area (Å²) in [5.41, 5.74) is 2.26. The van der Waals surface area contributed by atoms with Crippen LogP contribution in [0.3, 0.4) is 0 Å². The number of unbranched alkanes of at least 4 members (excludes halogenated alkanes) is 3. The number of aryl methyl sites for hydroxylation is 1. The van der Waals surface area contributed by atoms with Gasteiger partial charge in [0, 0.05) is 62.0 Å². The van der Waals surface area contributed by atoms with Crippen molar-refractivity contribution in [1.82, 2.24) is 30.4 Å². The van der Waals surface area contributed by atoms with E-state index < -0.39 is 58.8 Å². The highest BCUT2D eigenvalue weighted by atomic mass is 17.0. The van der Waals surface area contributed by atoms with Gasteiger partial charge in [0.1, 0.15) is 30.8 Å². The predicted molar refractivity (Wildman–Crippen MR) is 219 cm³/mol. The fraction of sp³-hybridized carbons (Fsp3) is 0.585. The van der Waals surface area contributed by atoms with E-state index in [9.17, 15) is 39.4 Å². The van der Waals surface area contributed by atoms with Gasteiger partial charge in [0.25, 0.3) is 10.2 Å². The highest BCUT2D eigenvalue weighted by Gasteiger charge is 2.32. The van der Waals surface area contributed by atoms with Gasteiger partial charge in [-0.15, -0.1) is 20.2 Å². The number of nitrogens with one attached hydrogen (secondary N) is 3. The van der Waals surface area contributed by atoms with Crippen LogP contribution in [0.25, 0.3) is 10.9 Å². The predicted octanol–water partition coefficient (Wildman–Crippen LogP) is 4.61. The fourth-order valence-electron chi connectivity index (χ4n) is 7.23. The number of hydrogen-bond acceptors (Lipinski definition) is 12. The van der Waals surface area contributed by atoms with Gasteiger partial charge in [0.05, 0.1) is 6.61 Å². The molecule has 19 heteroatoms. The lowest BCUT2D eigenvalue weighted by atomic mass is 10.0. The van der Waals surface area contributed by atoms with Crippen LogP contribution in [0.4, 0.5) is 4.79 Å². The highest BCUT2D eigenvalue weighted by Crippen LogP contribution is 2.22. The van der Waals surface area contributed by atoms with Crippen molar-refractivity contribution in [2.24, 2.45) is 13.0 Å². The van der Waals surface area contributed by atoms with Crippen LogP contribution in [0.5, 0.6) is 0 Å². The van der Waals surface area contributed by atoms with Crippen molar-refractivity contribution >= 4 is 34.7 Å². The molecular formula is C41H58N8O11. The zero-order valence-electron chi connectivity index (χ0n) is 34.6. The van der Waals surface area contributed by atoms with Crippen LogP contribution in [0.15, 0.2) is 54.9 Å². The summed E-state index contributed by atoms with van der Waals surface area (Å²) >= 11 is 0. The maximum atomic E-state index is 14.4. The first-order valence-electron chi connectivity index (χ1n) is 20.6. The number of pyridine rings is 1. The number of carbonyl (C=O) groups is 4. The third-order valence-corrected chi connectivity index (χ3v) is 10.3. The van der Waals surface area contributed by atoms with Crippen LogP contribution in [-0.4, -0.2) is 99.0 Å². The number of likely N-dealkylation sites (tertiary alicyclic amines) is 1. The first-order valence-corrected chi connectivity index (χ1v) is 20.6. The molecule has 1 aliphatic rings. The molecule has 328 valence electrons. The second-order valence-electron chi connectivity index (χ2n) is 15.5. The molecule has 0 bridgehead atoms. The summed E-state index contributed by atoms with van der Waals surface area (Å²) in [5.74, 6) is -1.80. The minimum atomic E-state index is -1.17. The number of aromatic nitrogens is 2. The molecule has 1 saturated heterocycles. The topological polar surface area (TPSA) is 239 Å². The van der Waals surface area contributed by atoms with Crippen LogP contribution in [0, 0.1) is 26.1 Å². The Kier molecular flexibility index (Phi) is 18.8. The molecule has 4 amide bonds. The molecule has 0 aliphatic carbocycles. The number of hydrogen-bond donors (Lipinski definition) is 3. The van der Waals surface area contributed by atoms with Crippen molar-refractivity contribution in [3.8, 4) is 0 Å². The van der Waals surface area contributed by atoms with E-state index in [-0.39, 0.29) is 37.8 Å². The molecule has 3 N–H and O–H groups in total. The lowest BCUT2D eigenvalue weighted by Gasteiger charge is -2.28. The Morgan fingerprint density at radius 3 is 2.18 bits per heavy atom. The molecule has 60 heavy (non-hydrogen) atoms. The molecular weight excluding hydrogens is 780 g/mol. The van der Waals surface area contributed by atoms with Gasteiger partial charge in [-0.3, -0.25) is 14.6 Å². The molecule has 3 heterocycles. The number of para-hydroxylation sites is 1. The number of esters is 1. The summed E-state index contributed by atoms with van der Waals surface area (Å²) in [6.45, 7) is 4.55. The normalized spacial score (nSPS) is 14.9. The van der Waals surface area contributed by atoms with Gasteiger partial charge in [-0.2, -0.15) is 0 Å². The fourth-order valence-corrected chi connectivity index (χ4v) is 7.23. The Labute approximate surface area is 349 Å². The van der Waals surface area contributed by atoms with E-state index >= 15 is 0 Å². The first kappa shape index (κ1) is 46.7. The van der Waals surface area contributed by atoms with Gasteiger partial charge in [-0.25, -0.2) is 9.59 Å². The van der Waals surface area contributed by atoms with Gasteiger partial charge in [-0.05, 0) is 61.8 Å². The number of benzene rings is 1. The van der Waals surface area contributed by atoms with E-state index in [1.54, 1.807) is 29.3 Å². The summed E-state index contributed by atoms with van der Waals surface area (Å²) in [7, 11) is 1.89. The summed E-state index contributed by atoms with van der Waals surface area (Å²) in [4.78, 5) is 91.6. The summed E-state index contributed by atoms with van der Waals surface area (Å²) < 4.78 is 7.56. The molecule has 4 rings (SSSR count). The minimum Gasteiger partial charge on any atom is -0.464 e. The van der Waals surface area contributed by atoms with Crippen LogP contribution < -0.4 is 16.0 Å². The van der Waals surface area contributed by atoms with Gasteiger partial charge in [-0.1, -0.05) is 70.2 Å². The summed E-state index contributed by atoms with van der Waals surface area (Å²) in [5, 5.41) is 28.8. The maximum absolute atomic E-state index is 14.4. The van der Waals surface area contributed by atoms with Crippen molar-refractivity contribution in [1.29, 1.82) is 0 Å². The van der Waals surface area contributed by atoms with E-state index in [4.69, 9.17) is 4.74 Å². The van der Waals surface area contributed by atoms with Crippen molar-refractivity contribution in [3.63, 3.8) is 0 Å². The molecule has 3 aromatic rings. The first-order chi connectivity index (χ1) is 28.8. The quantitative estimate of drug-likeness (QED) is 0.0485. The third kappa shape index (κ3) is 15.6. The molecule has 0 radical (unpaired) electrons. The van der Waals surface area contributed by atoms with Crippen molar-refractivity contribution in [3.05, 3.63) is 86.3 Å². The number of rotatable bonds is 24. The standard InChI is InChI=1S/C41H58N8O11/c1-29(2)24-34(45-41(53)47-21-13-5-6-14-22-47)38(50)43-35(25-30-27-46(3)37-19-10-9-18-33(30)37)39(51)44-36(26-31-16-11-12-20-42-31)40(52)58-23-15-7-4-8-17-32(60-49(56)57)28-59-48(54)55/h9-12,16,18-20,27,29,32,34-36H,4-8,13-15,17,21-26,28H2,1-3H3,(H,43,50)(H,44,51)(H,45,53)/t32?,34?,35?,36-/m1/s1. The van der Waals surface area contributed by atoms with Gasteiger partial charge < -0.3 is 39.8 Å². The SMILES string of the molecule is CC(C)CC(NC(=O)N1CCCCCC1)C(=O)NC(Cc1cn(C)c2ccccc12)C(=O)N[C@H](Cc1ccccn1)C(=O)OCCCCCCC(CO[N+](=O)[O-])O[N+](=O)[O-]. The molecule has 1 aliphatic heterocycles. The molecule has 4 atom stereocenters. The Hall–Kier alpha value is -6.01. The maximum Gasteiger partial charge on any atom is 0.329 e. The van der Waals surface area contributed by atoms with Crippen LogP contribution >= 0.6 is 0 Å². The van der Waals surface area contributed by atoms with Crippen molar-refractivity contribution in [2.75, 3.05) is 26.3 Å². The smallest absolute Gasteiger partial charge is 0.329 e. The zero-order chi connectivity index (χ0) is 43.4. The Balaban J connectivity index is 1.47. The lowest BCUT2D eigenvalue weighted by Crippen LogP contribution is -2.58. The van der Waals surface area contributed by atoms with E-state index in [0.717, 1.165) is 42.1 Å². The van der Waals surface area contributed by atoms with E-state index in [1.807, 2.05) is 55.9 Å². The van der Waals surface area contributed by atoms with Crippen LogP contribution in [-0.2, 0) is 48.7 Å². The van der Waals surface area contributed by atoms with Crippen molar-refractivity contribution in [2.45, 2.75) is 115 Å². The van der Waals surface area contributed by atoms with E-state index in [1.165, 1.54) is 0 Å². The van der Waals surface area contributed by atoms with Gasteiger partial charge >= 0.3 is 12.0 Å². The number of amides is 4. The summed E-state index contributed by atoms with van der Waals surface area (Å²) in [6.07, 6.45) is 8.81. The second kappa shape index (κ2) is 24.2. The zero-order valence-corrected chi connectivity index (χ0v) is 34.6. The number of nitrogens with zero attached hydrogens (tertiary/aromatic N) is 5. The average Bonchev–Trinajstić information content (AvgIpc) is 3.34. The molecule has 0 spiro atoms. The number of urea groups is 1. The Bertz CT molecular complexity index is 1870.